The molecule has 1 fully saturated rings. The Morgan fingerprint density at radius 3 is 2.65 bits per heavy atom. The summed E-state index contributed by atoms with van der Waals surface area (Å²) in [5.74, 6) is 0.816. The van der Waals surface area contributed by atoms with Crippen LogP contribution in [-0.2, 0) is 0 Å². The number of piperidine rings is 1. The van der Waals surface area contributed by atoms with Crippen molar-refractivity contribution >= 4 is 22.5 Å². The molecule has 23 heavy (non-hydrogen) atoms. The molecule has 0 saturated carbocycles. The Bertz CT molecular complexity index is 650. The summed E-state index contributed by atoms with van der Waals surface area (Å²) in [6.07, 6.45) is 3.35. The number of carbonyl (C=O) groups is 1. The summed E-state index contributed by atoms with van der Waals surface area (Å²) < 4.78 is 5.15. The lowest BCUT2D eigenvalue weighted by Gasteiger charge is -2.26. The van der Waals surface area contributed by atoms with Crippen LogP contribution in [0.15, 0.2) is 29.6 Å². The fraction of sp³-hybridized carbons (Fsp3) is 0.375. The van der Waals surface area contributed by atoms with Gasteiger partial charge in [0.15, 0.2) is 0 Å². The van der Waals surface area contributed by atoms with Gasteiger partial charge in [0.2, 0.25) is 5.13 Å². The van der Waals surface area contributed by atoms with E-state index in [2.05, 4.69) is 15.8 Å². The number of aromatic nitrogens is 1. The number of hydrogen-bond acceptors (Lipinski definition) is 5. The summed E-state index contributed by atoms with van der Waals surface area (Å²) in [7, 11) is 1.64. The highest BCUT2D eigenvalue weighted by Crippen LogP contribution is 2.26. The number of methoxy groups -OCH3 is 1. The van der Waals surface area contributed by atoms with Crippen molar-refractivity contribution in [2.45, 2.75) is 19.3 Å². The van der Waals surface area contributed by atoms with Gasteiger partial charge in [-0.25, -0.2) is 15.2 Å². The van der Waals surface area contributed by atoms with E-state index in [1.807, 2.05) is 34.5 Å². The van der Waals surface area contributed by atoms with Gasteiger partial charge in [-0.05, 0) is 43.5 Å². The summed E-state index contributed by atoms with van der Waals surface area (Å²) in [5.41, 5.74) is 7.49. The summed E-state index contributed by atoms with van der Waals surface area (Å²) in [6.45, 7) is 1.64. The molecular formula is C16H20N4O2S. The topological polar surface area (TPSA) is 66.5 Å². The smallest absolute Gasteiger partial charge is 0.336 e. The summed E-state index contributed by atoms with van der Waals surface area (Å²) >= 11 is 1.46. The van der Waals surface area contributed by atoms with Crippen LogP contribution in [-0.4, -0.2) is 36.1 Å². The van der Waals surface area contributed by atoms with Crippen molar-refractivity contribution in [3.05, 3.63) is 29.6 Å². The number of benzene rings is 1. The predicted octanol–water partition coefficient (Wildman–Crippen LogP) is 3.34. The Morgan fingerprint density at radius 1 is 1.22 bits per heavy atom. The first-order valence-corrected chi connectivity index (χ1v) is 8.55. The molecule has 2 aromatic rings. The van der Waals surface area contributed by atoms with Crippen molar-refractivity contribution in [3.8, 4) is 17.0 Å². The van der Waals surface area contributed by atoms with Gasteiger partial charge >= 0.3 is 6.03 Å². The molecule has 1 saturated heterocycles. The van der Waals surface area contributed by atoms with E-state index >= 15 is 0 Å². The number of thiazole rings is 1. The first-order chi connectivity index (χ1) is 11.3. The molecule has 0 aliphatic carbocycles. The molecule has 1 aliphatic rings. The number of nitrogens with zero attached hydrogens (tertiary/aromatic N) is 2. The first-order valence-electron chi connectivity index (χ1n) is 7.67. The van der Waals surface area contributed by atoms with Crippen molar-refractivity contribution in [3.63, 3.8) is 0 Å². The highest BCUT2D eigenvalue weighted by atomic mass is 32.1. The second kappa shape index (κ2) is 7.32. The lowest BCUT2D eigenvalue weighted by Crippen LogP contribution is -2.44. The van der Waals surface area contributed by atoms with Crippen LogP contribution in [0.2, 0.25) is 0 Å². The molecule has 3 rings (SSSR count). The van der Waals surface area contributed by atoms with E-state index < -0.39 is 0 Å². The molecule has 6 nitrogen and oxygen atoms in total. The highest BCUT2D eigenvalue weighted by molar-refractivity contribution is 7.14. The molecule has 0 spiro atoms. The Labute approximate surface area is 139 Å². The van der Waals surface area contributed by atoms with Gasteiger partial charge in [0.1, 0.15) is 5.75 Å². The van der Waals surface area contributed by atoms with Crippen LogP contribution in [0.5, 0.6) is 5.75 Å². The van der Waals surface area contributed by atoms with Crippen LogP contribution < -0.4 is 15.6 Å². The third-order valence-electron chi connectivity index (χ3n) is 3.81. The van der Waals surface area contributed by atoms with Crippen LogP contribution in [0.25, 0.3) is 11.3 Å². The zero-order valence-corrected chi connectivity index (χ0v) is 13.9. The monoisotopic (exact) mass is 332 g/mol. The number of ether oxygens (including phenoxy) is 1. The van der Waals surface area contributed by atoms with E-state index in [-0.39, 0.29) is 6.03 Å². The lowest BCUT2D eigenvalue weighted by molar-refractivity contribution is 0.188. The number of likely N-dealkylation sites (tertiary alicyclic amines) is 1. The van der Waals surface area contributed by atoms with Gasteiger partial charge in [-0.1, -0.05) is 0 Å². The minimum Gasteiger partial charge on any atom is -0.497 e. The molecule has 0 atom stereocenters. The maximum atomic E-state index is 12.0. The number of carbonyl (C=O) groups excluding carboxylic acids is 1. The van der Waals surface area contributed by atoms with Crippen LogP contribution >= 0.6 is 11.3 Å². The second-order valence-electron chi connectivity index (χ2n) is 5.37. The van der Waals surface area contributed by atoms with Gasteiger partial charge in [0.05, 0.1) is 12.8 Å². The van der Waals surface area contributed by atoms with E-state index in [1.165, 1.54) is 17.8 Å². The van der Waals surface area contributed by atoms with E-state index in [9.17, 15) is 4.79 Å². The van der Waals surface area contributed by atoms with E-state index in [1.54, 1.807) is 7.11 Å². The first kappa shape index (κ1) is 15.6. The van der Waals surface area contributed by atoms with Crippen molar-refractivity contribution in [1.29, 1.82) is 0 Å². The van der Waals surface area contributed by atoms with Gasteiger partial charge in [-0.3, -0.25) is 5.43 Å². The molecule has 122 valence electrons. The summed E-state index contributed by atoms with van der Waals surface area (Å²) in [5, 5.41) is 2.62. The van der Waals surface area contributed by atoms with Crippen LogP contribution in [0.4, 0.5) is 9.93 Å². The zero-order chi connectivity index (χ0) is 16.1. The molecule has 0 radical (unpaired) electrons. The van der Waals surface area contributed by atoms with Crippen molar-refractivity contribution < 1.29 is 9.53 Å². The van der Waals surface area contributed by atoms with E-state index in [4.69, 9.17) is 4.74 Å². The van der Waals surface area contributed by atoms with Crippen molar-refractivity contribution in [2.24, 2.45) is 0 Å². The maximum Gasteiger partial charge on any atom is 0.336 e. The molecular weight excluding hydrogens is 312 g/mol. The van der Waals surface area contributed by atoms with Gasteiger partial charge in [-0.2, -0.15) is 0 Å². The number of hydrazine groups is 1. The molecule has 2 N–H and O–H groups in total. The number of nitrogens with one attached hydrogen (secondary N) is 2. The molecule has 2 amide bonds. The Balaban J connectivity index is 1.57. The minimum atomic E-state index is -0.0918. The number of anilines is 1. The summed E-state index contributed by atoms with van der Waals surface area (Å²) in [6, 6.07) is 7.64. The summed E-state index contributed by atoms with van der Waals surface area (Å²) in [4.78, 5) is 18.3. The van der Waals surface area contributed by atoms with Gasteiger partial charge in [0.25, 0.3) is 0 Å². The van der Waals surface area contributed by atoms with E-state index in [0.29, 0.717) is 5.13 Å². The number of urea groups is 1. The average Bonchev–Trinajstić information content (AvgIpc) is 3.09. The Morgan fingerprint density at radius 2 is 1.96 bits per heavy atom. The SMILES string of the molecule is COc1ccc(-c2csc(NNC(=O)N3CCCCC3)n2)cc1. The Kier molecular flexibility index (Phi) is 4.97. The molecule has 1 aromatic carbocycles. The Hall–Kier alpha value is -2.28. The van der Waals surface area contributed by atoms with Gasteiger partial charge < -0.3 is 9.64 Å². The highest BCUT2D eigenvalue weighted by Gasteiger charge is 2.16. The molecule has 1 aliphatic heterocycles. The average molecular weight is 332 g/mol. The third kappa shape index (κ3) is 3.92. The third-order valence-corrected chi connectivity index (χ3v) is 4.57. The number of hydrogen-bond donors (Lipinski definition) is 2. The second-order valence-corrected chi connectivity index (χ2v) is 6.23. The normalized spacial score (nSPS) is 14.4. The van der Waals surface area contributed by atoms with Crippen molar-refractivity contribution in [1.82, 2.24) is 15.3 Å². The maximum absolute atomic E-state index is 12.0. The predicted molar refractivity (Wildman–Crippen MR) is 91.7 cm³/mol. The van der Waals surface area contributed by atoms with E-state index in [0.717, 1.165) is 42.9 Å². The number of amides is 2. The zero-order valence-electron chi connectivity index (χ0n) is 13.0. The fourth-order valence-corrected chi connectivity index (χ4v) is 3.18. The van der Waals surface area contributed by atoms with Crippen LogP contribution in [0, 0.1) is 0 Å². The lowest BCUT2D eigenvalue weighted by atomic mass is 10.1. The molecule has 2 heterocycles. The molecule has 1 aromatic heterocycles. The van der Waals surface area contributed by atoms with Crippen LogP contribution in [0.3, 0.4) is 0 Å². The quantitative estimate of drug-likeness (QED) is 0.843. The fourth-order valence-electron chi connectivity index (χ4n) is 2.51. The van der Waals surface area contributed by atoms with Gasteiger partial charge in [-0.15, -0.1) is 11.3 Å². The minimum absolute atomic E-state index is 0.0918. The largest absolute Gasteiger partial charge is 0.497 e. The standard InChI is InChI=1S/C16H20N4O2S/c1-22-13-7-5-12(6-8-13)14-11-23-15(17-14)18-19-16(21)20-9-3-2-4-10-20/h5-8,11H,2-4,9-10H2,1H3,(H,17,18)(H,19,21). The van der Waals surface area contributed by atoms with Crippen LogP contribution in [0.1, 0.15) is 19.3 Å². The van der Waals surface area contributed by atoms with Gasteiger partial charge in [0, 0.05) is 24.0 Å². The molecule has 7 heteroatoms. The van der Waals surface area contributed by atoms with Crippen molar-refractivity contribution in [2.75, 3.05) is 25.6 Å². The molecule has 0 unspecified atom stereocenters. The molecule has 0 bridgehead atoms. The number of rotatable bonds is 4.